The number of benzene rings is 1. The van der Waals surface area contributed by atoms with Gasteiger partial charge in [-0.2, -0.15) is 0 Å². The predicted molar refractivity (Wildman–Crippen MR) is 123 cm³/mol. The van der Waals surface area contributed by atoms with Crippen molar-refractivity contribution in [3.8, 4) is 5.88 Å². The Hall–Kier alpha value is -2.96. The standard InChI is InChI=1S/C25H23ClFN3O2/c26-21-7-4-16(11-22(21)27)19-3-1-2-15-10-17(31)5-6-20(15)25(19)23-13-30-24(14-29-23)32-18-8-9-28-12-18/h1,3-4,7,10-11,13-14,18,28,31H,2,5-6,8-9,12H2. The normalized spacial score (nSPS) is 20.8. The van der Waals surface area contributed by atoms with Crippen molar-refractivity contribution >= 4 is 22.7 Å². The second-order valence-corrected chi connectivity index (χ2v) is 8.54. The molecule has 2 N–H and O–H groups in total. The molecule has 3 aliphatic rings. The van der Waals surface area contributed by atoms with Gasteiger partial charge in [0.25, 0.3) is 0 Å². The number of halogens is 2. The number of aliphatic hydroxyl groups is 1. The Kier molecular flexibility index (Phi) is 5.81. The molecular weight excluding hydrogens is 429 g/mol. The summed E-state index contributed by atoms with van der Waals surface area (Å²) >= 11 is 5.92. The molecule has 2 aromatic rings. The number of ether oxygens (including phenoxy) is 1. The summed E-state index contributed by atoms with van der Waals surface area (Å²) in [5, 5.41) is 13.4. The van der Waals surface area contributed by atoms with Gasteiger partial charge >= 0.3 is 0 Å². The summed E-state index contributed by atoms with van der Waals surface area (Å²) in [6, 6.07) is 4.82. The molecule has 0 radical (unpaired) electrons. The molecule has 5 rings (SSSR count). The minimum Gasteiger partial charge on any atom is -0.512 e. The second kappa shape index (κ2) is 8.88. The molecule has 1 unspecified atom stereocenters. The van der Waals surface area contributed by atoms with Crippen molar-refractivity contribution in [3.63, 3.8) is 0 Å². The monoisotopic (exact) mass is 451 g/mol. The fourth-order valence-corrected chi connectivity index (χ4v) is 4.51. The molecule has 1 fully saturated rings. The third kappa shape index (κ3) is 4.20. The van der Waals surface area contributed by atoms with E-state index >= 15 is 0 Å². The molecular formula is C25H23ClFN3O2. The van der Waals surface area contributed by atoms with Gasteiger partial charge in [-0.3, -0.25) is 0 Å². The number of rotatable bonds is 4. The van der Waals surface area contributed by atoms with E-state index in [1.165, 1.54) is 6.07 Å². The number of aromatic nitrogens is 2. The molecule has 7 heteroatoms. The lowest BCUT2D eigenvalue weighted by molar-refractivity contribution is 0.213. The molecule has 32 heavy (non-hydrogen) atoms. The zero-order valence-corrected chi connectivity index (χ0v) is 18.2. The topological polar surface area (TPSA) is 67.3 Å². The highest BCUT2D eigenvalue weighted by Crippen LogP contribution is 2.42. The molecule has 1 saturated heterocycles. The Balaban J connectivity index is 1.61. The molecule has 5 nitrogen and oxygen atoms in total. The summed E-state index contributed by atoms with van der Waals surface area (Å²) in [6.45, 7) is 1.74. The van der Waals surface area contributed by atoms with Gasteiger partial charge in [-0.15, -0.1) is 0 Å². The van der Waals surface area contributed by atoms with E-state index in [1.54, 1.807) is 18.5 Å². The summed E-state index contributed by atoms with van der Waals surface area (Å²) in [5.41, 5.74) is 5.25. The first kappa shape index (κ1) is 20.9. The Bertz CT molecular complexity index is 1160. The predicted octanol–water partition coefficient (Wildman–Crippen LogP) is 5.41. The van der Waals surface area contributed by atoms with E-state index in [4.69, 9.17) is 16.3 Å². The van der Waals surface area contributed by atoms with E-state index in [1.807, 2.05) is 24.3 Å². The van der Waals surface area contributed by atoms with E-state index in [0.717, 1.165) is 41.8 Å². The Morgan fingerprint density at radius 3 is 2.84 bits per heavy atom. The van der Waals surface area contributed by atoms with Gasteiger partial charge in [0.05, 0.1) is 28.9 Å². The zero-order valence-electron chi connectivity index (χ0n) is 17.4. The maximum Gasteiger partial charge on any atom is 0.232 e. The second-order valence-electron chi connectivity index (χ2n) is 8.14. The van der Waals surface area contributed by atoms with Crippen LogP contribution in [0.2, 0.25) is 5.02 Å². The van der Waals surface area contributed by atoms with Gasteiger partial charge in [0.15, 0.2) is 0 Å². The first-order chi connectivity index (χ1) is 15.6. The third-order valence-corrected chi connectivity index (χ3v) is 6.28. The van der Waals surface area contributed by atoms with Gasteiger partial charge in [-0.1, -0.05) is 29.8 Å². The van der Waals surface area contributed by atoms with E-state index in [-0.39, 0.29) is 11.1 Å². The molecule has 1 aromatic carbocycles. The highest BCUT2D eigenvalue weighted by molar-refractivity contribution is 6.30. The molecule has 0 spiro atoms. The van der Waals surface area contributed by atoms with Gasteiger partial charge in [0.1, 0.15) is 11.9 Å². The van der Waals surface area contributed by atoms with Crippen molar-refractivity contribution in [1.29, 1.82) is 0 Å². The number of nitrogens with one attached hydrogen (secondary N) is 1. The largest absolute Gasteiger partial charge is 0.512 e. The molecule has 2 heterocycles. The summed E-state index contributed by atoms with van der Waals surface area (Å²) < 4.78 is 20.2. The summed E-state index contributed by atoms with van der Waals surface area (Å²) in [4.78, 5) is 9.18. The number of aliphatic hydroxyl groups excluding tert-OH is 1. The molecule has 0 amide bonds. The van der Waals surface area contributed by atoms with Crippen molar-refractivity contribution in [2.75, 3.05) is 13.1 Å². The van der Waals surface area contributed by atoms with Gasteiger partial charge in [0.2, 0.25) is 5.88 Å². The van der Waals surface area contributed by atoms with Crippen molar-refractivity contribution < 1.29 is 14.2 Å². The van der Waals surface area contributed by atoms with Crippen LogP contribution < -0.4 is 10.1 Å². The van der Waals surface area contributed by atoms with Crippen LogP contribution in [0.1, 0.15) is 36.9 Å². The fraction of sp³-hybridized carbons (Fsp3) is 0.280. The Morgan fingerprint density at radius 2 is 2.09 bits per heavy atom. The molecule has 0 bridgehead atoms. The lowest BCUT2D eigenvalue weighted by atomic mass is 9.85. The van der Waals surface area contributed by atoms with E-state index in [0.29, 0.717) is 42.2 Å². The average molecular weight is 452 g/mol. The van der Waals surface area contributed by atoms with Crippen LogP contribution >= 0.6 is 11.6 Å². The summed E-state index contributed by atoms with van der Waals surface area (Å²) in [7, 11) is 0. The smallest absolute Gasteiger partial charge is 0.232 e. The molecule has 1 atom stereocenters. The Morgan fingerprint density at radius 1 is 1.19 bits per heavy atom. The van der Waals surface area contributed by atoms with Gasteiger partial charge in [-0.05, 0) is 66.3 Å². The van der Waals surface area contributed by atoms with E-state index in [2.05, 4.69) is 15.3 Å². The minimum absolute atomic E-state index is 0.0848. The number of allylic oxidation sites excluding steroid dienone is 8. The average Bonchev–Trinajstić information content (AvgIpc) is 3.23. The van der Waals surface area contributed by atoms with Crippen LogP contribution in [0.15, 0.2) is 65.7 Å². The molecule has 164 valence electrons. The lowest BCUT2D eigenvalue weighted by Gasteiger charge is -2.21. The maximum atomic E-state index is 14.3. The van der Waals surface area contributed by atoms with E-state index < -0.39 is 5.82 Å². The zero-order chi connectivity index (χ0) is 22.1. The van der Waals surface area contributed by atoms with Crippen LogP contribution in [0, 0.1) is 5.82 Å². The van der Waals surface area contributed by atoms with Gasteiger partial charge in [0, 0.05) is 18.5 Å². The molecule has 2 aliphatic carbocycles. The first-order valence-corrected chi connectivity index (χ1v) is 11.1. The first-order valence-electron chi connectivity index (χ1n) is 10.8. The SMILES string of the molecule is OC1=CC2=C(CC1)C(c1cnc(OC3CCNC3)cn1)=C(c1ccc(Cl)c(F)c1)C=CC2. The van der Waals surface area contributed by atoms with Crippen LogP contribution in [0.3, 0.4) is 0 Å². The molecule has 1 aromatic heterocycles. The van der Waals surface area contributed by atoms with Crippen LogP contribution in [0.4, 0.5) is 4.39 Å². The van der Waals surface area contributed by atoms with Crippen LogP contribution in [0.25, 0.3) is 11.1 Å². The van der Waals surface area contributed by atoms with Crippen LogP contribution in [0.5, 0.6) is 5.88 Å². The van der Waals surface area contributed by atoms with Gasteiger partial charge in [-0.25, -0.2) is 14.4 Å². The lowest BCUT2D eigenvalue weighted by Crippen LogP contribution is -2.20. The minimum atomic E-state index is -0.468. The quantitative estimate of drug-likeness (QED) is 0.650. The Labute approximate surface area is 191 Å². The summed E-state index contributed by atoms with van der Waals surface area (Å²) in [6.07, 6.45) is 12.1. The maximum absolute atomic E-state index is 14.3. The van der Waals surface area contributed by atoms with Crippen molar-refractivity contribution in [1.82, 2.24) is 15.3 Å². The molecule has 1 aliphatic heterocycles. The molecule has 0 saturated carbocycles. The summed E-state index contributed by atoms with van der Waals surface area (Å²) in [5.74, 6) is 0.392. The van der Waals surface area contributed by atoms with Crippen molar-refractivity contribution in [2.45, 2.75) is 31.8 Å². The van der Waals surface area contributed by atoms with Crippen LogP contribution in [-0.2, 0) is 0 Å². The van der Waals surface area contributed by atoms with Crippen molar-refractivity contribution in [2.24, 2.45) is 0 Å². The third-order valence-electron chi connectivity index (χ3n) is 5.97. The fourth-order valence-electron chi connectivity index (χ4n) is 4.39. The van der Waals surface area contributed by atoms with Crippen molar-refractivity contribution in [3.05, 3.63) is 87.8 Å². The number of hydrogen-bond acceptors (Lipinski definition) is 5. The number of hydrogen-bond donors (Lipinski definition) is 2. The van der Waals surface area contributed by atoms with Crippen LogP contribution in [-0.4, -0.2) is 34.3 Å². The van der Waals surface area contributed by atoms with E-state index in [9.17, 15) is 9.50 Å². The highest BCUT2D eigenvalue weighted by Gasteiger charge is 2.24. The van der Waals surface area contributed by atoms with Gasteiger partial charge < -0.3 is 15.2 Å². The highest BCUT2D eigenvalue weighted by atomic mass is 35.5. The number of nitrogens with zero attached hydrogens (tertiary/aromatic N) is 2.